The van der Waals surface area contributed by atoms with Crippen molar-refractivity contribution >= 4 is 11.8 Å². The normalized spacial score (nSPS) is 17.0. The van der Waals surface area contributed by atoms with Gasteiger partial charge in [-0.3, -0.25) is 9.59 Å². The van der Waals surface area contributed by atoms with Gasteiger partial charge in [-0.2, -0.15) is 0 Å². The summed E-state index contributed by atoms with van der Waals surface area (Å²) in [6.45, 7) is 0.701. The van der Waals surface area contributed by atoms with Crippen molar-refractivity contribution in [2.75, 3.05) is 6.54 Å². The summed E-state index contributed by atoms with van der Waals surface area (Å²) in [5.74, 6) is -1.54. The molecule has 1 heterocycles. The van der Waals surface area contributed by atoms with Gasteiger partial charge in [-0.1, -0.05) is 30.3 Å². The van der Waals surface area contributed by atoms with E-state index in [1.54, 1.807) is 30.3 Å². The minimum Gasteiger partial charge on any atom is -0.352 e. The molecule has 6 heteroatoms. The maximum Gasteiger partial charge on any atom is 0.225 e. The van der Waals surface area contributed by atoms with Crippen LogP contribution in [0, 0.1) is 17.6 Å². The van der Waals surface area contributed by atoms with Crippen LogP contribution in [0.25, 0.3) is 0 Å². The van der Waals surface area contributed by atoms with Crippen LogP contribution in [0.1, 0.15) is 17.5 Å². The fraction of sp³-hybridized carbons (Fsp3) is 0.263. The molecule has 4 nitrogen and oxygen atoms in total. The largest absolute Gasteiger partial charge is 0.352 e. The van der Waals surface area contributed by atoms with E-state index < -0.39 is 5.92 Å². The van der Waals surface area contributed by atoms with Gasteiger partial charge in [0.15, 0.2) is 0 Å². The zero-order valence-corrected chi connectivity index (χ0v) is 13.5. The lowest BCUT2D eigenvalue weighted by Gasteiger charge is -2.17. The molecule has 1 N–H and O–H groups in total. The number of halogens is 2. The van der Waals surface area contributed by atoms with E-state index in [9.17, 15) is 18.4 Å². The molecule has 1 fully saturated rings. The van der Waals surface area contributed by atoms with Crippen molar-refractivity contribution in [2.45, 2.75) is 19.5 Å². The predicted molar refractivity (Wildman–Crippen MR) is 88.2 cm³/mol. The van der Waals surface area contributed by atoms with E-state index in [1.165, 1.54) is 23.1 Å². The lowest BCUT2D eigenvalue weighted by molar-refractivity contribution is -0.129. The Balaban J connectivity index is 1.55. The quantitative estimate of drug-likeness (QED) is 0.906. The molecule has 0 aliphatic carbocycles. The standard InChI is InChI=1S/C19H18F2N2O2/c20-16-7-5-13(6-8-16)10-22-19(25)15-9-18(24)23(12-15)11-14-3-1-2-4-17(14)21/h1-8,15H,9-12H2,(H,22,25). The summed E-state index contributed by atoms with van der Waals surface area (Å²) in [4.78, 5) is 25.9. The van der Waals surface area contributed by atoms with Gasteiger partial charge in [0.2, 0.25) is 11.8 Å². The van der Waals surface area contributed by atoms with Gasteiger partial charge in [-0.15, -0.1) is 0 Å². The highest BCUT2D eigenvalue weighted by Crippen LogP contribution is 2.21. The van der Waals surface area contributed by atoms with Crippen LogP contribution in [-0.4, -0.2) is 23.3 Å². The molecule has 0 saturated carbocycles. The lowest BCUT2D eigenvalue weighted by atomic mass is 10.1. The van der Waals surface area contributed by atoms with E-state index in [2.05, 4.69) is 5.32 Å². The van der Waals surface area contributed by atoms with Gasteiger partial charge in [-0.05, 0) is 23.8 Å². The van der Waals surface area contributed by atoms with Gasteiger partial charge in [0.05, 0.1) is 5.92 Å². The van der Waals surface area contributed by atoms with Crippen molar-refractivity contribution in [2.24, 2.45) is 5.92 Å². The minimum absolute atomic E-state index is 0.115. The van der Waals surface area contributed by atoms with E-state index in [4.69, 9.17) is 0 Å². The van der Waals surface area contributed by atoms with E-state index in [0.717, 1.165) is 5.56 Å². The summed E-state index contributed by atoms with van der Waals surface area (Å²) in [5.41, 5.74) is 1.21. The molecular weight excluding hydrogens is 326 g/mol. The fourth-order valence-electron chi connectivity index (χ4n) is 2.87. The van der Waals surface area contributed by atoms with Crippen LogP contribution in [0.3, 0.4) is 0 Å². The monoisotopic (exact) mass is 344 g/mol. The van der Waals surface area contributed by atoms with Crippen molar-refractivity contribution in [3.63, 3.8) is 0 Å². The van der Waals surface area contributed by atoms with Crippen LogP contribution in [-0.2, 0) is 22.7 Å². The Labute approximate surface area is 144 Å². The first-order chi connectivity index (χ1) is 12.0. The van der Waals surface area contributed by atoms with Crippen molar-refractivity contribution in [3.05, 3.63) is 71.3 Å². The first kappa shape index (κ1) is 17.1. The van der Waals surface area contributed by atoms with Gasteiger partial charge in [-0.25, -0.2) is 8.78 Å². The third kappa shape index (κ3) is 4.21. The average Bonchev–Trinajstić information content (AvgIpc) is 2.97. The number of likely N-dealkylation sites (tertiary alicyclic amines) is 1. The van der Waals surface area contributed by atoms with Crippen LogP contribution in [0.5, 0.6) is 0 Å². The Kier molecular flexibility index (Phi) is 5.07. The Hall–Kier alpha value is -2.76. The second kappa shape index (κ2) is 7.42. The molecule has 1 unspecified atom stereocenters. The zero-order valence-electron chi connectivity index (χ0n) is 13.5. The number of amides is 2. The van der Waals surface area contributed by atoms with E-state index in [1.807, 2.05) is 0 Å². The van der Waals surface area contributed by atoms with Crippen LogP contribution in [0.15, 0.2) is 48.5 Å². The SMILES string of the molecule is O=C(NCc1ccc(F)cc1)C1CC(=O)N(Cc2ccccc2F)C1. The minimum atomic E-state index is -0.459. The van der Waals surface area contributed by atoms with Gasteiger partial charge in [0.1, 0.15) is 11.6 Å². The molecule has 2 amide bonds. The Morgan fingerprint density at radius 2 is 1.84 bits per heavy atom. The lowest BCUT2D eigenvalue weighted by Crippen LogP contribution is -2.32. The molecule has 3 rings (SSSR count). The maximum atomic E-state index is 13.7. The van der Waals surface area contributed by atoms with Gasteiger partial charge in [0.25, 0.3) is 0 Å². The van der Waals surface area contributed by atoms with Gasteiger partial charge >= 0.3 is 0 Å². The molecule has 25 heavy (non-hydrogen) atoms. The number of benzene rings is 2. The number of carbonyl (C=O) groups is 2. The molecule has 0 bridgehead atoms. The second-order valence-electron chi connectivity index (χ2n) is 6.11. The second-order valence-corrected chi connectivity index (χ2v) is 6.11. The number of hydrogen-bond acceptors (Lipinski definition) is 2. The predicted octanol–water partition coefficient (Wildman–Crippen LogP) is 2.63. The van der Waals surface area contributed by atoms with E-state index in [0.29, 0.717) is 5.56 Å². The summed E-state index contributed by atoms with van der Waals surface area (Å²) in [7, 11) is 0. The number of nitrogens with one attached hydrogen (secondary N) is 1. The summed E-state index contributed by atoms with van der Waals surface area (Å²) < 4.78 is 26.6. The smallest absolute Gasteiger partial charge is 0.225 e. The van der Waals surface area contributed by atoms with E-state index in [-0.39, 0.29) is 49.5 Å². The Morgan fingerprint density at radius 3 is 2.56 bits per heavy atom. The third-order valence-corrected chi connectivity index (χ3v) is 4.28. The topological polar surface area (TPSA) is 49.4 Å². The summed E-state index contributed by atoms with van der Waals surface area (Å²) in [6, 6.07) is 12.1. The highest BCUT2D eigenvalue weighted by atomic mass is 19.1. The van der Waals surface area contributed by atoms with Crippen molar-refractivity contribution in [1.82, 2.24) is 10.2 Å². The Morgan fingerprint density at radius 1 is 1.12 bits per heavy atom. The molecule has 0 aromatic heterocycles. The summed E-state index contributed by atoms with van der Waals surface area (Å²) in [5, 5.41) is 2.76. The summed E-state index contributed by atoms with van der Waals surface area (Å²) >= 11 is 0. The number of rotatable bonds is 5. The van der Waals surface area contributed by atoms with Crippen molar-refractivity contribution in [1.29, 1.82) is 0 Å². The molecule has 2 aromatic carbocycles. The molecule has 1 saturated heterocycles. The summed E-state index contributed by atoms with van der Waals surface area (Å²) in [6.07, 6.45) is 0.115. The van der Waals surface area contributed by atoms with Crippen molar-refractivity contribution < 1.29 is 18.4 Å². The first-order valence-electron chi connectivity index (χ1n) is 8.06. The highest BCUT2D eigenvalue weighted by Gasteiger charge is 2.34. The number of hydrogen-bond donors (Lipinski definition) is 1. The van der Waals surface area contributed by atoms with Crippen molar-refractivity contribution in [3.8, 4) is 0 Å². The molecule has 0 radical (unpaired) electrons. The van der Waals surface area contributed by atoms with Crippen LogP contribution in [0.4, 0.5) is 8.78 Å². The first-order valence-corrected chi connectivity index (χ1v) is 8.06. The molecule has 1 atom stereocenters. The van der Waals surface area contributed by atoms with Crippen LogP contribution >= 0.6 is 0 Å². The van der Waals surface area contributed by atoms with Crippen LogP contribution in [0.2, 0.25) is 0 Å². The average molecular weight is 344 g/mol. The molecular formula is C19H18F2N2O2. The van der Waals surface area contributed by atoms with E-state index >= 15 is 0 Å². The molecule has 1 aliphatic heterocycles. The number of nitrogens with zero attached hydrogens (tertiary/aromatic N) is 1. The number of carbonyl (C=O) groups excluding carboxylic acids is 2. The molecule has 0 spiro atoms. The molecule has 2 aromatic rings. The van der Waals surface area contributed by atoms with Gasteiger partial charge < -0.3 is 10.2 Å². The van der Waals surface area contributed by atoms with Gasteiger partial charge in [0, 0.05) is 31.6 Å². The zero-order chi connectivity index (χ0) is 17.8. The fourth-order valence-corrected chi connectivity index (χ4v) is 2.87. The highest BCUT2D eigenvalue weighted by molar-refractivity contribution is 5.89. The Bertz CT molecular complexity index is 777. The molecule has 130 valence electrons. The molecule has 1 aliphatic rings. The van der Waals surface area contributed by atoms with Crippen LogP contribution < -0.4 is 5.32 Å². The third-order valence-electron chi connectivity index (χ3n) is 4.28. The maximum absolute atomic E-state index is 13.7.